The van der Waals surface area contributed by atoms with Gasteiger partial charge in [0.05, 0.1) is 11.9 Å². The lowest BCUT2D eigenvalue weighted by atomic mass is 10.1. The third kappa shape index (κ3) is 5.62. The molecule has 5 nitrogen and oxygen atoms in total. The number of benzene rings is 2. The van der Waals surface area contributed by atoms with Crippen LogP contribution in [0.1, 0.15) is 5.56 Å². The SMILES string of the molecule is O=C(CSc1nncc2ccccc12)NCCc1ccc(OC(F)F)cc1. The Hall–Kier alpha value is -2.74. The van der Waals surface area contributed by atoms with Gasteiger partial charge in [-0.25, -0.2) is 0 Å². The van der Waals surface area contributed by atoms with Crippen LogP contribution in [0.2, 0.25) is 0 Å². The van der Waals surface area contributed by atoms with Crippen LogP contribution in [0.3, 0.4) is 0 Å². The number of amides is 1. The van der Waals surface area contributed by atoms with Gasteiger partial charge in [0.25, 0.3) is 0 Å². The third-order valence-electron chi connectivity index (χ3n) is 3.76. The predicted octanol–water partition coefficient (Wildman–Crippen LogP) is 3.68. The second kappa shape index (κ2) is 9.27. The van der Waals surface area contributed by atoms with Crippen molar-refractivity contribution in [3.8, 4) is 5.75 Å². The summed E-state index contributed by atoms with van der Waals surface area (Å²) in [6.45, 7) is -2.38. The highest BCUT2D eigenvalue weighted by molar-refractivity contribution is 8.00. The van der Waals surface area contributed by atoms with Gasteiger partial charge in [0, 0.05) is 17.3 Å². The molecule has 1 aromatic heterocycles. The van der Waals surface area contributed by atoms with Crippen molar-refractivity contribution in [2.45, 2.75) is 18.1 Å². The Balaban J connectivity index is 1.44. The van der Waals surface area contributed by atoms with E-state index < -0.39 is 6.61 Å². The molecule has 1 heterocycles. The fourth-order valence-electron chi connectivity index (χ4n) is 2.48. The summed E-state index contributed by atoms with van der Waals surface area (Å²) in [6.07, 6.45) is 2.29. The number of carbonyl (C=O) groups excluding carboxylic acids is 1. The molecule has 2 aromatic carbocycles. The minimum atomic E-state index is -2.83. The first kappa shape index (κ1) is 19.0. The second-order valence-corrected chi connectivity index (χ2v) is 6.61. The standard InChI is InChI=1S/C19H17F2N3O2S/c20-19(21)26-15-7-5-13(6-8-15)9-10-22-17(25)12-27-18-16-4-2-1-3-14(16)11-23-24-18/h1-8,11,19H,9-10,12H2,(H,22,25). The van der Waals surface area contributed by atoms with Crippen LogP contribution >= 0.6 is 11.8 Å². The van der Waals surface area contributed by atoms with E-state index in [2.05, 4.69) is 20.3 Å². The number of nitrogens with zero attached hydrogens (tertiary/aromatic N) is 2. The van der Waals surface area contributed by atoms with E-state index in [0.29, 0.717) is 13.0 Å². The Kier molecular flexibility index (Phi) is 6.54. The Bertz CT molecular complexity index is 902. The molecule has 0 atom stereocenters. The smallest absolute Gasteiger partial charge is 0.387 e. The molecule has 0 fully saturated rings. The van der Waals surface area contributed by atoms with Crippen LogP contribution in [0.15, 0.2) is 59.8 Å². The van der Waals surface area contributed by atoms with Crippen LogP contribution in [-0.4, -0.2) is 35.0 Å². The molecule has 3 aromatic rings. The molecule has 0 spiro atoms. The average molecular weight is 389 g/mol. The Labute approximate surface area is 159 Å². The zero-order valence-corrected chi connectivity index (χ0v) is 15.1. The minimum absolute atomic E-state index is 0.104. The third-order valence-corrected chi connectivity index (χ3v) is 4.74. The van der Waals surface area contributed by atoms with Gasteiger partial charge in [-0.05, 0) is 24.1 Å². The summed E-state index contributed by atoms with van der Waals surface area (Å²) >= 11 is 1.34. The quantitative estimate of drug-likeness (QED) is 0.596. The number of carbonyl (C=O) groups is 1. The zero-order chi connectivity index (χ0) is 19.1. The topological polar surface area (TPSA) is 64.1 Å². The van der Waals surface area contributed by atoms with Gasteiger partial charge in [-0.3, -0.25) is 4.79 Å². The summed E-state index contributed by atoms with van der Waals surface area (Å²) in [7, 11) is 0. The lowest BCUT2D eigenvalue weighted by Crippen LogP contribution is -2.27. The molecule has 0 aliphatic carbocycles. The molecular formula is C19H17F2N3O2S. The van der Waals surface area contributed by atoms with Crippen LogP contribution in [0, 0.1) is 0 Å². The lowest BCUT2D eigenvalue weighted by Gasteiger charge is -2.07. The second-order valence-electron chi connectivity index (χ2n) is 5.65. The Morgan fingerprint density at radius 2 is 1.93 bits per heavy atom. The molecule has 0 saturated carbocycles. The fourth-order valence-corrected chi connectivity index (χ4v) is 3.29. The number of hydrogen-bond acceptors (Lipinski definition) is 5. The number of halogens is 2. The number of thioether (sulfide) groups is 1. The summed E-state index contributed by atoms with van der Waals surface area (Å²) in [5, 5.41) is 13.6. The summed E-state index contributed by atoms with van der Waals surface area (Å²) in [6, 6.07) is 14.1. The first-order valence-electron chi connectivity index (χ1n) is 8.25. The highest BCUT2D eigenvalue weighted by Gasteiger charge is 2.08. The molecule has 27 heavy (non-hydrogen) atoms. The number of fused-ring (bicyclic) bond motifs is 1. The highest BCUT2D eigenvalue weighted by Crippen LogP contribution is 2.24. The summed E-state index contributed by atoms with van der Waals surface area (Å²) in [5.41, 5.74) is 0.921. The minimum Gasteiger partial charge on any atom is -0.435 e. The van der Waals surface area contributed by atoms with Gasteiger partial charge >= 0.3 is 6.61 Å². The monoisotopic (exact) mass is 389 g/mol. The molecule has 0 aliphatic heterocycles. The molecule has 0 aliphatic rings. The van der Waals surface area contributed by atoms with Gasteiger partial charge in [-0.1, -0.05) is 48.2 Å². The number of ether oxygens (including phenoxy) is 1. The van der Waals surface area contributed by atoms with E-state index in [1.807, 2.05) is 24.3 Å². The summed E-state index contributed by atoms with van der Waals surface area (Å²) < 4.78 is 28.5. The molecule has 0 radical (unpaired) electrons. The van der Waals surface area contributed by atoms with Gasteiger partial charge in [-0.2, -0.15) is 13.9 Å². The molecule has 1 N–H and O–H groups in total. The average Bonchev–Trinajstić information content (AvgIpc) is 2.67. The number of rotatable bonds is 8. The van der Waals surface area contributed by atoms with Gasteiger partial charge in [0.2, 0.25) is 5.91 Å². The molecule has 3 rings (SSSR count). The largest absolute Gasteiger partial charge is 0.435 e. The molecule has 0 bridgehead atoms. The van der Waals surface area contributed by atoms with E-state index >= 15 is 0 Å². The molecule has 1 amide bonds. The summed E-state index contributed by atoms with van der Waals surface area (Å²) in [4.78, 5) is 12.0. The van der Waals surface area contributed by atoms with E-state index in [-0.39, 0.29) is 17.4 Å². The first-order valence-corrected chi connectivity index (χ1v) is 9.24. The van der Waals surface area contributed by atoms with Crippen molar-refractivity contribution in [2.75, 3.05) is 12.3 Å². The van der Waals surface area contributed by atoms with Crippen molar-refractivity contribution in [2.24, 2.45) is 0 Å². The lowest BCUT2D eigenvalue weighted by molar-refractivity contribution is -0.118. The Morgan fingerprint density at radius 1 is 1.15 bits per heavy atom. The van der Waals surface area contributed by atoms with Gasteiger partial charge in [-0.15, -0.1) is 5.10 Å². The van der Waals surface area contributed by atoms with Gasteiger partial charge in [0.15, 0.2) is 0 Å². The summed E-state index contributed by atoms with van der Waals surface area (Å²) in [5.74, 6) is 0.252. The number of nitrogens with one attached hydrogen (secondary N) is 1. The Morgan fingerprint density at radius 3 is 2.70 bits per heavy atom. The van der Waals surface area contributed by atoms with E-state index in [9.17, 15) is 13.6 Å². The normalized spacial score (nSPS) is 10.9. The molecular weight excluding hydrogens is 372 g/mol. The van der Waals surface area contributed by atoms with Crippen LogP contribution in [0.5, 0.6) is 5.75 Å². The molecule has 0 unspecified atom stereocenters. The maximum Gasteiger partial charge on any atom is 0.387 e. The van der Waals surface area contributed by atoms with Crippen LogP contribution in [0.4, 0.5) is 8.78 Å². The van der Waals surface area contributed by atoms with Crippen molar-refractivity contribution >= 4 is 28.4 Å². The van der Waals surface area contributed by atoms with E-state index in [1.165, 1.54) is 23.9 Å². The molecule has 140 valence electrons. The number of alkyl halides is 2. The van der Waals surface area contributed by atoms with Crippen molar-refractivity contribution in [1.82, 2.24) is 15.5 Å². The van der Waals surface area contributed by atoms with Crippen molar-refractivity contribution < 1.29 is 18.3 Å². The zero-order valence-electron chi connectivity index (χ0n) is 14.3. The maximum absolute atomic E-state index is 12.1. The predicted molar refractivity (Wildman–Crippen MR) is 100 cm³/mol. The van der Waals surface area contributed by atoms with E-state index in [1.54, 1.807) is 18.3 Å². The number of aromatic nitrogens is 2. The van der Waals surface area contributed by atoms with Gasteiger partial charge < -0.3 is 10.1 Å². The fraction of sp³-hybridized carbons (Fsp3) is 0.211. The van der Waals surface area contributed by atoms with Crippen molar-refractivity contribution in [1.29, 1.82) is 0 Å². The number of hydrogen-bond donors (Lipinski definition) is 1. The first-order chi connectivity index (χ1) is 13.1. The van der Waals surface area contributed by atoms with E-state index in [0.717, 1.165) is 21.4 Å². The van der Waals surface area contributed by atoms with Crippen molar-refractivity contribution in [3.05, 3.63) is 60.3 Å². The van der Waals surface area contributed by atoms with Crippen LogP contribution in [0.25, 0.3) is 10.8 Å². The van der Waals surface area contributed by atoms with Gasteiger partial charge in [0.1, 0.15) is 10.8 Å². The molecule has 0 saturated heterocycles. The van der Waals surface area contributed by atoms with Crippen LogP contribution in [-0.2, 0) is 11.2 Å². The van der Waals surface area contributed by atoms with Crippen molar-refractivity contribution in [3.63, 3.8) is 0 Å². The highest BCUT2D eigenvalue weighted by atomic mass is 32.2. The maximum atomic E-state index is 12.1. The van der Waals surface area contributed by atoms with Crippen LogP contribution < -0.4 is 10.1 Å². The molecule has 8 heteroatoms. The van der Waals surface area contributed by atoms with E-state index in [4.69, 9.17) is 0 Å².